The van der Waals surface area contributed by atoms with E-state index in [1.165, 1.54) is 12.1 Å². The normalized spacial score (nSPS) is 16.9. The number of carbonyl (C=O) groups is 1. The zero-order valence-electron chi connectivity index (χ0n) is 12.8. The van der Waals surface area contributed by atoms with Crippen molar-refractivity contribution in [3.63, 3.8) is 0 Å². The standard InChI is InChI=1S/C16H24FN3O/c1-3-8-20-9-6-13(7-10-20)19(2)16(21)12-4-5-15(18)14(17)11-12/h4-5,11,13H,3,6-10,18H2,1-2H3. The number of nitrogens with two attached hydrogens (primary N) is 1. The van der Waals surface area contributed by atoms with Crippen LogP contribution in [0.3, 0.4) is 0 Å². The third-order valence-corrected chi connectivity index (χ3v) is 4.21. The first-order valence-electron chi connectivity index (χ1n) is 7.57. The number of hydrogen-bond acceptors (Lipinski definition) is 3. The lowest BCUT2D eigenvalue weighted by atomic mass is 10.0. The molecule has 1 fully saturated rings. The first-order chi connectivity index (χ1) is 10.0. The van der Waals surface area contributed by atoms with E-state index in [9.17, 15) is 9.18 Å². The summed E-state index contributed by atoms with van der Waals surface area (Å²) in [5.41, 5.74) is 5.88. The Morgan fingerprint density at radius 3 is 2.67 bits per heavy atom. The highest BCUT2D eigenvalue weighted by atomic mass is 19.1. The fraction of sp³-hybridized carbons (Fsp3) is 0.562. The van der Waals surface area contributed by atoms with Gasteiger partial charge in [-0.1, -0.05) is 6.92 Å². The van der Waals surface area contributed by atoms with Crippen molar-refractivity contribution in [1.82, 2.24) is 9.80 Å². The average molecular weight is 293 g/mol. The van der Waals surface area contributed by atoms with Gasteiger partial charge in [-0.25, -0.2) is 4.39 Å². The molecule has 0 unspecified atom stereocenters. The van der Waals surface area contributed by atoms with E-state index in [0.717, 1.165) is 38.9 Å². The second-order valence-electron chi connectivity index (χ2n) is 5.73. The van der Waals surface area contributed by atoms with E-state index in [1.807, 2.05) is 0 Å². The maximum Gasteiger partial charge on any atom is 0.253 e. The molecular weight excluding hydrogens is 269 g/mol. The van der Waals surface area contributed by atoms with E-state index in [0.29, 0.717) is 5.56 Å². The zero-order chi connectivity index (χ0) is 15.4. The van der Waals surface area contributed by atoms with Crippen LogP contribution in [0, 0.1) is 5.82 Å². The molecule has 0 atom stereocenters. The molecule has 1 aliphatic rings. The number of carbonyl (C=O) groups excluding carboxylic acids is 1. The highest BCUT2D eigenvalue weighted by Gasteiger charge is 2.25. The van der Waals surface area contributed by atoms with Gasteiger partial charge >= 0.3 is 0 Å². The number of likely N-dealkylation sites (tertiary alicyclic amines) is 1. The quantitative estimate of drug-likeness (QED) is 0.867. The molecule has 1 amide bonds. The number of amides is 1. The Balaban J connectivity index is 1.98. The lowest BCUT2D eigenvalue weighted by molar-refractivity contribution is 0.0642. The number of benzene rings is 1. The van der Waals surface area contributed by atoms with E-state index in [4.69, 9.17) is 5.73 Å². The van der Waals surface area contributed by atoms with Crippen molar-refractivity contribution in [3.05, 3.63) is 29.6 Å². The van der Waals surface area contributed by atoms with E-state index in [2.05, 4.69) is 11.8 Å². The van der Waals surface area contributed by atoms with Gasteiger partial charge < -0.3 is 15.5 Å². The zero-order valence-corrected chi connectivity index (χ0v) is 12.8. The molecule has 0 aromatic heterocycles. The van der Waals surface area contributed by atoms with Gasteiger partial charge in [-0.15, -0.1) is 0 Å². The van der Waals surface area contributed by atoms with Crippen LogP contribution in [0.1, 0.15) is 36.5 Å². The van der Waals surface area contributed by atoms with Crippen LogP contribution in [0.15, 0.2) is 18.2 Å². The molecule has 1 heterocycles. The van der Waals surface area contributed by atoms with Crippen molar-refractivity contribution in [3.8, 4) is 0 Å². The van der Waals surface area contributed by atoms with Crippen molar-refractivity contribution in [2.75, 3.05) is 32.4 Å². The van der Waals surface area contributed by atoms with Gasteiger partial charge in [0.15, 0.2) is 0 Å². The maximum absolute atomic E-state index is 13.5. The molecule has 1 aromatic carbocycles. The van der Waals surface area contributed by atoms with Crippen LogP contribution in [0.5, 0.6) is 0 Å². The van der Waals surface area contributed by atoms with Crippen molar-refractivity contribution < 1.29 is 9.18 Å². The SMILES string of the molecule is CCCN1CCC(N(C)C(=O)c2ccc(N)c(F)c2)CC1. The van der Waals surface area contributed by atoms with E-state index in [-0.39, 0.29) is 17.6 Å². The smallest absolute Gasteiger partial charge is 0.253 e. The van der Waals surface area contributed by atoms with Gasteiger partial charge in [0.1, 0.15) is 5.82 Å². The Morgan fingerprint density at radius 1 is 1.43 bits per heavy atom. The molecule has 1 aliphatic heterocycles. The van der Waals surface area contributed by atoms with E-state index < -0.39 is 5.82 Å². The molecule has 0 radical (unpaired) electrons. The molecule has 0 aliphatic carbocycles. The summed E-state index contributed by atoms with van der Waals surface area (Å²) in [4.78, 5) is 16.6. The molecule has 116 valence electrons. The molecule has 0 bridgehead atoms. The first kappa shape index (κ1) is 15.8. The fourth-order valence-corrected chi connectivity index (χ4v) is 2.88. The summed E-state index contributed by atoms with van der Waals surface area (Å²) in [6.07, 6.45) is 3.10. The number of anilines is 1. The third-order valence-electron chi connectivity index (χ3n) is 4.21. The first-order valence-corrected chi connectivity index (χ1v) is 7.57. The minimum absolute atomic E-state index is 0.0714. The van der Waals surface area contributed by atoms with E-state index in [1.54, 1.807) is 18.0 Å². The largest absolute Gasteiger partial charge is 0.396 e. The van der Waals surface area contributed by atoms with Crippen LogP contribution < -0.4 is 5.73 Å². The van der Waals surface area contributed by atoms with Crippen molar-refractivity contribution >= 4 is 11.6 Å². The monoisotopic (exact) mass is 293 g/mol. The van der Waals surface area contributed by atoms with E-state index >= 15 is 0 Å². The number of nitrogen functional groups attached to an aromatic ring is 1. The summed E-state index contributed by atoms with van der Waals surface area (Å²) >= 11 is 0. The number of halogens is 1. The lowest BCUT2D eigenvalue weighted by Gasteiger charge is -2.36. The van der Waals surface area contributed by atoms with Crippen LogP contribution in [-0.4, -0.2) is 48.4 Å². The molecule has 0 saturated carbocycles. The van der Waals surface area contributed by atoms with Gasteiger partial charge in [0, 0.05) is 31.7 Å². The molecule has 2 N–H and O–H groups in total. The Hall–Kier alpha value is -1.62. The average Bonchev–Trinajstić information content (AvgIpc) is 2.50. The van der Waals surface area contributed by atoms with Crippen LogP contribution in [-0.2, 0) is 0 Å². The predicted octanol–water partition coefficient (Wildman–Crippen LogP) is 2.35. The summed E-state index contributed by atoms with van der Waals surface area (Å²) in [6, 6.07) is 4.48. The Bertz CT molecular complexity index is 498. The van der Waals surface area contributed by atoms with Gasteiger partial charge in [-0.05, 0) is 44.0 Å². The lowest BCUT2D eigenvalue weighted by Crippen LogP contribution is -2.45. The molecule has 5 heteroatoms. The Morgan fingerprint density at radius 2 is 2.10 bits per heavy atom. The predicted molar refractivity (Wildman–Crippen MR) is 82.7 cm³/mol. The summed E-state index contributed by atoms with van der Waals surface area (Å²) in [6.45, 7) is 5.34. The summed E-state index contributed by atoms with van der Waals surface area (Å²) < 4.78 is 13.5. The van der Waals surface area contributed by atoms with Crippen molar-refractivity contribution in [2.24, 2.45) is 0 Å². The molecule has 4 nitrogen and oxygen atoms in total. The number of piperidine rings is 1. The van der Waals surface area contributed by atoms with Crippen molar-refractivity contribution in [2.45, 2.75) is 32.2 Å². The minimum atomic E-state index is -0.535. The molecule has 21 heavy (non-hydrogen) atoms. The number of rotatable bonds is 4. The van der Waals surface area contributed by atoms with Crippen LogP contribution in [0.25, 0.3) is 0 Å². The highest BCUT2D eigenvalue weighted by molar-refractivity contribution is 5.94. The molecule has 2 rings (SSSR count). The van der Waals surface area contributed by atoms with Gasteiger partial charge in [0.05, 0.1) is 5.69 Å². The summed E-state index contributed by atoms with van der Waals surface area (Å²) in [7, 11) is 1.80. The van der Waals surface area contributed by atoms with Crippen molar-refractivity contribution in [1.29, 1.82) is 0 Å². The van der Waals surface area contributed by atoms with Gasteiger partial charge in [-0.2, -0.15) is 0 Å². The molecular formula is C16H24FN3O. The topological polar surface area (TPSA) is 49.6 Å². The summed E-state index contributed by atoms with van der Waals surface area (Å²) in [5.74, 6) is -0.671. The van der Waals surface area contributed by atoms with Crippen LogP contribution in [0.2, 0.25) is 0 Å². The van der Waals surface area contributed by atoms with Gasteiger partial charge in [0.2, 0.25) is 0 Å². The molecule has 1 saturated heterocycles. The minimum Gasteiger partial charge on any atom is -0.396 e. The second-order valence-corrected chi connectivity index (χ2v) is 5.73. The fourth-order valence-electron chi connectivity index (χ4n) is 2.88. The Labute approximate surface area is 125 Å². The van der Waals surface area contributed by atoms with Crippen LogP contribution >= 0.6 is 0 Å². The highest BCUT2D eigenvalue weighted by Crippen LogP contribution is 2.19. The third kappa shape index (κ3) is 3.73. The molecule has 0 spiro atoms. The Kier molecular flexibility index (Phi) is 5.17. The van der Waals surface area contributed by atoms with Gasteiger partial charge in [0.25, 0.3) is 5.91 Å². The second kappa shape index (κ2) is 6.89. The van der Waals surface area contributed by atoms with Gasteiger partial charge in [-0.3, -0.25) is 4.79 Å². The number of nitrogens with zero attached hydrogens (tertiary/aromatic N) is 2. The maximum atomic E-state index is 13.5. The van der Waals surface area contributed by atoms with Crippen LogP contribution in [0.4, 0.5) is 10.1 Å². The number of hydrogen-bond donors (Lipinski definition) is 1. The summed E-state index contributed by atoms with van der Waals surface area (Å²) in [5, 5.41) is 0. The molecule has 1 aromatic rings.